The molecular weight excluding hydrogens is 300 g/mol. The van der Waals surface area contributed by atoms with Crippen LogP contribution in [-0.2, 0) is 24.3 Å². The molecule has 2 atom stereocenters. The highest BCUT2D eigenvalue weighted by Gasteiger charge is 2.37. The lowest BCUT2D eigenvalue weighted by Gasteiger charge is -2.34. The molecule has 1 saturated carbocycles. The molecule has 2 unspecified atom stereocenters. The molecule has 1 aromatic heterocycles. The lowest BCUT2D eigenvalue weighted by atomic mass is 10.0. The van der Waals surface area contributed by atoms with E-state index in [-0.39, 0.29) is 11.9 Å². The van der Waals surface area contributed by atoms with Crippen LogP contribution in [-0.4, -0.2) is 32.9 Å². The van der Waals surface area contributed by atoms with Crippen LogP contribution in [0.3, 0.4) is 0 Å². The number of aromatic amines is 1. The fourth-order valence-electron chi connectivity index (χ4n) is 3.58. The molecule has 0 saturated heterocycles. The van der Waals surface area contributed by atoms with Gasteiger partial charge in [0.2, 0.25) is 5.91 Å². The molecule has 1 amide bonds. The van der Waals surface area contributed by atoms with Crippen LogP contribution in [0.2, 0.25) is 0 Å². The van der Waals surface area contributed by atoms with Crippen LogP contribution >= 0.6 is 0 Å². The number of carbonyl (C=O) groups excluding carboxylic acids is 1. The van der Waals surface area contributed by atoms with E-state index in [4.69, 9.17) is 0 Å². The van der Waals surface area contributed by atoms with Gasteiger partial charge in [0.05, 0.1) is 23.8 Å². The summed E-state index contributed by atoms with van der Waals surface area (Å²) in [6, 6.07) is 10.4. The maximum Gasteiger partial charge on any atom is 0.240 e. The summed E-state index contributed by atoms with van der Waals surface area (Å²) < 4.78 is 0. The van der Waals surface area contributed by atoms with Gasteiger partial charge in [0.25, 0.3) is 0 Å². The summed E-state index contributed by atoms with van der Waals surface area (Å²) in [6.45, 7) is 3.56. The number of carbonyl (C=O) groups is 1. The lowest BCUT2D eigenvalue weighted by molar-refractivity contribution is -0.137. The Balaban J connectivity index is 1.53. The smallest absolute Gasteiger partial charge is 0.240 e. The summed E-state index contributed by atoms with van der Waals surface area (Å²) in [5, 5.41) is 3.38. The quantitative estimate of drug-likeness (QED) is 0.887. The number of rotatable bonds is 5. The van der Waals surface area contributed by atoms with Crippen molar-refractivity contribution in [2.45, 2.75) is 51.4 Å². The maximum atomic E-state index is 13.2. The summed E-state index contributed by atoms with van der Waals surface area (Å²) in [4.78, 5) is 22.8. The zero-order chi connectivity index (χ0) is 16.5. The standard InChI is InChI=1S/C19H24N4O/c1-13(15-7-8-15)23(11-14-5-3-2-4-6-14)19(24)17-9-16-18(10-20-17)22-12-21-16/h2-6,12-13,15,17,20H,7-11H2,1H3,(H,21,22). The third-order valence-electron chi connectivity index (χ3n) is 5.30. The molecule has 1 aliphatic heterocycles. The van der Waals surface area contributed by atoms with Crippen molar-refractivity contribution >= 4 is 5.91 Å². The van der Waals surface area contributed by atoms with Gasteiger partial charge in [-0.1, -0.05) is 30.3 Å². The van der Waals surface area contributed by atoms with Crippen molar-refractivity contribution < 1.29 is 4.79 Å². The van der Waals surface area contributed by atoms with Gasteiger partial charge in [-0.2, -0.15) is 0 Å². The highest BCUT2D eigenvalue weighted by Crippen LogP contribution is 2.36. The van der Waals surface area contributed by atoms with E-state index in [0.29, 0.717) is 31.5 Å². The molecule has 1 fully saturated rings. The normalized spacial score (nSPS) is 21.1. The largest absolute Gasteiger partial charge is 0.347 e. The van der Waals surface area contributed by atoms with Crippen LogP contribution in [0.15, 0.2) is 36.7 Å². The fraction of sp³-hybridized carbons (Fsp3) is 0.474. The van der Waals surface area contributed by atoms with Gasteiger partial charge in [-0.15, -0.1) is 0 Å². The minimum absolute atomic E-state index is 0.175. The van der Waals surface area contributed by atoms with Crippen molar-refractivity contribution in [3.8, 4) is 0 Å². The Morgan fingerprint density at radius 2 is 2.12 bits per heavy atom. The number of hydrogen-bond acceptors (Lipinski definition) is 3. The Kier molecular flexibility index (Phi) is 4.10. The minimum Gasteiger partial charge on any atom is -0.347 e. The van der Waals surface area contributed by atoms with Crippen LogP contribution in [0.4, 0.5) is 0 Å². The summed E-state index contributed by atoms with van der Waals surface area (Å²) in [5.41, 5.74) is 3.31. The first kappa shape index (κ1) is 15.4. The number of nitrogens with one attached hydrogen (secondary N) is 2. The third kappa shape index (κ3) is 3.08. The van der Waals surface area contributed by atoms with Crippen molar-refractivity contribution in [1.29, 1.82) is 0 Å². The molecule has 24 heavy (non-hydrogen) atoms. The number of benzene rings is 1. The van der Waals surface area contributed by atoms with Crippen molar-refractivity contribution in [2.24, 2.45) is 5.92 Å². The molecule has 5 nitrogen and oxygen atoms in total. The SMILES string of the molecule is CC(C1CC1)N(Cc1ccccc1)C(=O)C1Cc2nc[nH]c2CN1. The molecule has 4 rings (SSSR count). The fourth-order valence-corrected chi connectivity index (χ4v) is 3.58. The summed E-state index contributed by atoms with van der Waals surface area (Å²) in [7, 11) is 0. The molecule has 2 aliphatic rings. The second kappa shape index (κ2) is 6.40. The van der Waals surface area contributed by atoms with Gasteiger partial charge in [0, 0.05) is 25.6 Å². The molecule has 1 aromatic carbocycles. The second-order valence-corrected chi connectivity index (χ2v) is 7.00. The minimum atomic E-state index is -0.175. The van der Waals surface area contributed by atoms with Gasteiger partial charge >= 0.3 is 0 Å². The molecule has 0 spiro atoms. The van der Waals surface area contributed by atoms with Gasteiger partial charge in [0.1, 0.15) is 0 Å². The van der Waals surface area contributed by atoms with Crippen LogP contribution < -0.4 is 5.32 Å². The third-order valence-corrected chi connectivity index (χ3v) is 5.30. The average molecular weight is 324 g/mol. The molecular formula is C19H24N4O. The Labute approximate surface area is 142 Å². The second-order valence-electron chi connectivity index (χ2n) is 7.00. The van der Waals surface area contributed by atoms with Crippen molar-refractivity contribution in [2.75, 3.05) is 0 Å². The van der Waals surface area contributed by atoms with Crippen LogP contribution in [0.25, 0.3) is 0 Å². The summed E-state index contributed by atoms with van der Waals surface area (Å²) in [5.74, 6) is 0.856. The monoisotopic (exact) mass is 324 g/mol. The van der Waals surface area contributed by atoms with Gasteiger partial charge in [-0.05, 0) is 31.2 Å². The van der Waals surface area contributed by atoms with Crippen LogP contribution in [0, 0.1) is 5.92 Å². The van der Waals surface area contributed by atoms with E-state index in [1.54, 1.807) is 6.33 Å². The Morgan fingerprint density at radius 3 is 2.88 bits per heavy atom. The lowest BCUT2D eigenvalue weighted by Crippen LogP contribution is -2.52. The van der Waals surface area contributed by atoms with Crippen LogP contribution in [0.1, 0.15) is 36.7 Å². The first-order valence-electron chi connectivity index (χ1n) is 8.81. The summed E-state index contributed by atoms with van der Waals surface area (Å²) in [6.07, 6.45) is 4.86. The topological polar surface area (TPSA) is 61.0 Å². The first-order chi connectivity index (χ1) is 11.7. The van der Waals surface area contributed by atoms with E-state index in [9.17, 15) is 4.79 Å². The number of hydrogen-bond donors (Lipinski definition) is 2. The zero-order valence-corrected chi connectivity index (χ0v) is 14.0. The van der Waals surface area contributed by atoms with Crippen LogP contribution in [0.5, 0.6) is 0 Å². The first-order valence-corrected chi connectivity index (χ1v) is 8.81. The molecule has 0 radical (unpaired) electrons. The predicted molar refractivity (Wildman–Crippen MR) is 92.1 cm³/mol. The number of H-pyrrole nitrogens is 1. The highest BCUT2D eigenvalue weighted by molar-refractivity contribution is 5.83. The number of amides is 1. The molecule has 2 heterocycles. The predicted octanol–water partition coefficient (Wildman–Crippen LogP) is 2.25. The zero-order valence-electron chi connectivity index (χ0n) is 14.0. The molecule has 2 N–H and O–H groups in total. The van der Waals surface area contributed by atoms with E-state index >= 15 is 0 Å². The van der Waals surface area contributed by atoms with E-state index < -0.39 is 0 Å². The summed E-state index contributed by atoms with van der Waals surface area (Å²) >= 11 is 0. The Bertz CT molecular complexity index is 707. The highest BCUT2D eigenvalue weighted by atomic mass is 16.2. The van der Waals surface area contributed by atoms with E-state index in [0.717, 1.165) is 11.4 Å². The van der Waals surface area contributed by atoms with E-state index in [1.165, 1.54) is 18.4 Å². The van der Waals surface area contributed by atoms with E-state index in [2.05, 4.69) is 39.2 Å². The molecule has 5 heteroatoms. The number of imidazole rings is 1. The number of aromatic nitrogens is 2. The number of fused-ring (bicyclic) bond motifs is 1. The Morgan fingerprint density at radius 1 is 1.33 bits per heavy atom. The number of nitrogens with zero attached hydrogens (tertiary/aromatic N) is 2. The van der Waals surface area contributed by atoms with Crippen molar-refractivity contribution in [3.63, 3.8) is 0 Å². The van der Waals surface area contributed by atoms with E-state index in [1.807, 2.05) is 18.2 Å². The van der Waals surface area contributed by atoms with Gasteiger partial charge in [0.15, 0.2) is 0 Å². The van der Waals surface area contributed by atoms with Crippen molar-refractivity contribution in [3.05, 3.63) is 53.6 Å². The average Bonchev–Trinajstić information content (AvgIpc) is 3.36. The molecule has 2 aromatic rings. The van der Waals surface area contributed by atoms with Gasteiger partial charge in [-0.3, -0.25) is 10.1 Å². The maximum absolute atomic E-state index is 13.2. The molecule has 0 bridgehead atoms. The van der Waals surface area contributed by atoms with Crippen molar-refractivity contribution in [1.82, 2.24) is 20.2 Å². The van der Waals surface area contributed by atoms with Gasteiger partial charge < -0.3 is 9.88 Å². The molecule has 126 valence electrons. The molecule has 1 aliphatic carbocycles. The Hall–Kier alpha value is -2.14. The van der Waals surface area contributed by atoms with Gasteiger partial charge in [-0.25, -0.2) is 4.98 Å².